The Balaban J connectivity index is 1.16. The lowest BCUT2D eigenvalue weighted by Crippen LogP contribution is -2.50. The summed E-state index contributed by atoms with van der Waals surface area (Å²) < 4.78 is 21.5. The smallest absolute Gasteiger partial charge is 0.274 e. The largest absolute Gasteiger partial charge is 0.378 e. The number of halogens is 2. The summed E-state index contributed by atoms with van der Waals surface area (Å²) >= 11 is 5.85. The number of benzene rings is 1. The second kappa shape index (κ2) is 11.1. The van der Waals surface area contributed by atoms with Crippen molar-refractivity contribution in [2.24, 2.45) is 11.8 Å². The molecular weight excluding hydrogens is 465 g/mol. The Morgan fingerprint density at radius 1 is 1.06 bits per heavy atom. The molecule has 1 aliphatic carbocycles. The predicted octanol–water partition coefficient (Wildman–Crippen LogP) is 4.54. The van der Waals surface area contributed by atoms with Crippen LogP contribution in [0, 0.1) is 17.7 Å². The van der Waals surface area contributed by atoms with Gasteiger partial charge < -0.3 is 14.2 Å². The van der Waals surface area contributed by atoms with E-state index >= 15 is 0 Å². The maximum Gasteiger partial charge on any atom is 0.274 e. The molecular formula is C28H33ClFN3O2. The monoisotopic (exact) mass is 497 g/mol. The van der Waals surface area contributed by atoms with Crippen molar-refractivity contribution < 1.29 is 9.13 Å². The molecule has 3 heterocycles. The fourth-order valence-electron chi connectivity index (χ4n) is 5.30. The number of rotatable bonds is 8. The Labute approximate surface area is 211 Å². The molecule has 1 aromatic carbocycles. The molecule has 1 aromatic heterocycles. The van der Waals surface area contributed by atoms with E-state index in [4.69, 9.17) is 16.3 Å². The normalized spacial score (nSPS) is 24.5. The fraction of sp³-hybridized carbons (Fsp3) is 0.464. The van der Waals surface area contributed by atoms with Gasteiger partial charge in [-0.3, -0.25) is 9.69 Å². The molecule has 0 amide bonds. The number of hydrogen-bond acceptors (Lipinski definition) is 4. The molecule has 186 valence electrons. The Morgan fingerprint density at radius 2 is 1.83 bits per heavy atom. The van der Waals surface area contributed by atoms with Crippen LogP contribution in [0.15, 0.2) is 65.6 Å². The minimum absolute atomic E-state index is 0.0174. The van der Waals surface area contributed by atoms with Crippen LogP contribution in [0.3, 0.4) is 0 Å². The zero-order valence-corrected chi connectivity index (χ0v) is 20.7. The predicted molar refractivity (Wildman–Crippen MR) is 139 cm³/mol. The van der Waals surface area contributed by atoms with Gasteiger partial charge >= 0.3 is 0 Å². The van der Waals surface area contributed by atoms with Gasteiger partial charge in [0, 0.05) is 57.1 Å². The molecule has 5 rings (SSSR count). The van der Waals surface area contributed by atoms with Gasteiger partial charge in [0.25, 0.3) is 5.56 Å². The Morgan fingerprint density at radius 3 is 2.54 bits per heavy atom. The minimum atomic E-state index is -0.330. The molecule has 0 bridgehead atoms. The maximum atomic E-state index is 14.1. The van der Waals surface area contributed by atoms with Crippen molar-refractivity contribution in [3.8, 4) is 0 Å². The lowest BCUT2D eigenvalue weighted by atomic mass is 9.82. The van der Waals surface area contributed by atoms with E-state index < -0.39 is 0 Å². The number of ether oxygens (including phenoxy) is 1. The van der Waals surface area contributed by atoms with Gasteiger partial charge in [-0.15, -0.1) is 0 Å². The van der Waals surface area contributed by atoms with Crippen molar-refractivity contribution in [1.82, 2.24) is 9.47 Å². The van der Waals surface area contributed by atoms with E-state index in [-0.39, 0.29) is 11.4 Å². The molecule has 2 saturated heterocycles. The summed E-state index contributed by atoms with van der Waals surface area (Å²) in [6.45, 7) is 5.90. The van der Waals surface area contributed by atoms with Crippen LogP contribution in [-0.4, -0.2) is 54.9 Å². The number of anilines is 1. The van der Waals surface area contributed by atoms with Gasteiger partial charge in [0.15, 0.2) is 0 Å². The van der Waals surface area contributed by atoms with Crippen LogP contribution < -0.4 is 10.5 Å². The lowest BCUT2D eigenvalue weighted by Gasteiger charge is -2.39. The molecule has 2 aromatic rings. The number of nitrogens with zero attached hydrogens (tertiary/aromatic N) is 3. The Kier molecular flexibility index (Phi) is 7.71. The van der Waals surface area contributed by atoms with Crippen LogP contribution >= 0.6 is 11.6 Å². The van der Waals surface area contributed by atoms with E-state index in [1.807, 2.05) is 12.1 Å². The quantitative estimate of drug-likeness (QED) is 0.536. The van der Waals surface area contributed by atoms with Crippen molar-refractivity contribution in [1.29, 1.82) is 0 Å². The highest BCUT2D eigenvalue weighted by atomic mass is 35.5. The first-order valence-corrected chi connectivity index (χ1v) is 13.0. The Bertz CT molecular complexity index is 1140. The van der Waals surface area contributed by atoms with Crippen molar-refractivity contribution in [3.63, 3.8) is 0 Å². The first kappa shape index (κ1) is 24.3. The lowest BCUT2D eigenvalue weighted by molar-refractivity contribution is -0.0627. The van der Waals surface area contributed by atoms with Crippen molar-refractivity contribution in [2.45, 2.75) is 31.9 Å². The molecule has 0 spiro atoms. The summed E-state index contributed by atoms with van der Waals surface area (Å²) in [4.78, 5) is 17.9. The maximum absolute atomic E-state index is 14.1. The van der Waals surface area contributed by atoms with Gasteiger partial charge in [-0.05, 0) is 60.9 Å². The first-order chi connectivity index (χ1) is 17.1. The van der Waals surface area contributed by atoms with Crippen LogP contribution in [-0.2, 0) is 17.7 Å². The van der Waals surface area contributed by atoms with Gasteiger partial charge in [0.05, 0.1) is 6.10 Å². The average molecular weight is 498 g/mol. The SMILES string of the molecule is O=c1c(N2CCN(CC3C=CC=C[C@@H]3CC3CCO3)CC2)cccn1CCc1ccc(Cl)cc1F. The summed E-state index contributed by atoms with van der Waals surface area (Å²) in [5.41, 5.74) is 1.27. The van der Waals surface area contributed by atoms with E-state index in [1.165, 1.54) is 12.5 Å². The number of allylic oxidation sites excluding steroid dienone is 3. The summed E-state index contributed by atoms with van der Waals surface area (Å²) in [5.74, 6) is 0.719. The van der Waals surface area contributed by atoms with Gasteiger partial charge in [-0.1, -0.05) is 42.0 Å². The van der Waals surface area contributed by atoms with E-state index in [0.29, 0.717) is 41.5 Å². The molecule has 2 fully saturated rings. The molecule has 0 saturated carbocycles. The third kappa shape index (κ3) is 5.88. The van der Waals surface area contributed by atoms with Gasteiger partial charge in [0.1, 0.15) is 11.5 Å². The minimum Gasteiger partial charge on any atom is -0.378 e. The number of hydrogen-bond donors (Lipinski definition) is 0. The second-order valence-corrected chi connectivity index (χ2v) is 10.2. The summed E-state index contributed by atoms with van der Waals surface area (Å²) in [7, 11) is 0. The van der Waals surface area contributed by atoms with Crippen LogP contribution in [0.4, 0.5) is 10.1 Å². The zero-order valence-electron chi connectivity index (χ0n) is 20.0. The van der Waals surface area contributed by atoms with Crippen LogP contribution in [0.2, 0.25) is 5.02 Å². The zero-order chi connectivity index (χ0) is 24.2. The number of aromatic nitrogens is 1. The van der Waals surface area contributed by atoms with E-state index in [1.54, 1.807) is 22.9 Å². The van der Waals surface area contributed by atoms with Gasteiger partial charge in [-0.2, -0.15) is 0 Å². The highest BCUT2D eigenvalue weighted by Crippen LogP contribution is 2.30. The third-order valence-corrected chi connectivity index (χ3v) is 7.76. The van der Waals surface area contributed by atoms with Gasteiger partial charge in [0.2, 0.25) is 0 Å². The highest BCUT2D eigenvalue weighted by Gasteiger charge is 2.29. The van der Waals surface area contributed by atoms with Gasteiger partial charge in [-0.25, -0.2) is 4.39 Å². The molecule has 3 atom stereocenters. The second-order valence-electron chi connectivity index (χ2n) is 9.78. The number of aryl methyl sites for hydroxylation is 2. The van der Waals surface area contributed by atoms with E-state index in [0.717, 1.165) is 51.4 Å². The van der Waals surface area contributed by atoms with Crippen molar-refractivity contribution >= 4 is 17.3 Å². The molecule has 3 aliphatic rings. The molecule has 7 heteroatoms. The molecule has 0 radical (unpaired) electrons. The number of piperazine rings is 1. The van der Waals surface area contributed by atoms with E-state index in [9.17, 15) is 9.18 Å². The molecule has 0 N–H and O–H groups in total. The summed E-state index contributed by atoms with van der Waals surface area (Å²) in [6, 6.07) is 8.50. The topological polar surface area (TPSA) is 37.7 Å². The van der Waals surface area contributed by atoms with Crippen LogP contribution in [0.5, 0.6) is 0 Å². The molecule has 5 nitrogen and oxygen atoms in total. The number of pyridine rings is 1. The molecule has 35 heavy (non-hydrogen) atoms. The van der Waals surface area contributed by atoms with Crippen molar-refractivity contribution in [2.75, 3.05) is 44.2 Å². The van der Waals surface area contributed by atoms with Crippen LogP contribution in [0.25, 0.3) is 0 Å². The van der Waals surface area contributed by atoms with Crippen LogP contribution in [0.1, 0.15) is 18.4 Å². The fourth-order valence-corrected chi connectivity index (χ4v) is 5.46. The average Bonchev–Trinajstić information content (AvgIpc) is 2.83. The summed E-state index contributed by atoms with van der Waals surface area (Å²) in [5, 5.41) is 0.378. The third-order valence-electron chi connectivity index (χ3n) is 7.53. The standard InChI is InChI=1S/C28H33ClFN3O2/c29-24-8-7-21(26(30)19-24)9-12-33-11-3-6-27(28(33)34)32-15-13-31(14-16-32)20-23-5-2-1-4-22(23)18-25-10-17-35-25/h1-8,11,19,22-23,25H,9-10,12-18,20H2/t22-,23?,25?/m1/s1. The summed E-state index contributed by atoms with van der Waals surface area (Å²) in [6.07, 6.45) is 14.0. The Hall–Kier alpha value is -2.41. The van der Waals surface area contributed by atoms with Crippen molar-refractivity contribution in [3.05, 3.63) is 87.6 Å². The molecule has 2 unspecified atom stereocenters. The highest BCUT2D eigenvalue weighted by molar-refractivity contribution is 6.30. The first-order valence-electron chi connectivity index (χ1n) is 12.6. The molecule has 2 aliphatic heterocycles. The van der Waals surface area contributed by atoms with E-state index in [2.05, 4.69) is 34.1 Å².